The van der Waals surface area contributed by atoms with Gasteiger partial charge in [-0.3, -0.25) is 0 Å². The van der Waals surface area contributed by atoms with Crippen LogP contribution in [-0.4, -0.2) is 0 Å². The molecule has 0 unspecified atom stereocenters. The number of fused-ring (bicyclic) bond motifs is 9. The van der Waals surface area contributed by atoms with Gasteiger partial charge in [-0.25, -0.2) is 0 Å². The summed E-state index contributed by atoms with van der Waals surface area (Å²) >= 11 is 0. The molecular weight excluding hydrogens is 633 g/mol. The van der Waals surface area contributed by atoms with E-state index in [9.17, 15) is 0 Å². The molecule has 2 nitrogen and oxygen atoms in total. The molecule has 0 saturated carbocycles. The van der Waals surface area contributed by atoms with Crippen molar-refractivity contribution in [1.82, 2.24) is 0 Å². The van der Waals surface area contributed by atoms with Gasteiger partial charge in [-0.1, -0.05) is 158 Å². The summed E-state index contributed by atoms with van der Waals surface area (Å²) in [7, 11) is 0. The zero-order valence-electron chi connectivity index (χ0n) is 28.1. The van der Waals surface area contributed by atoms with E-state index < -0.39 is 0 Å². The van der Waals surface area contributed by atoms with Crippen molar-refractivity contribution in [2.45, 2.75) is 0 Å². The second kappa shape index (κ2) is 11.3. The fourth-order valence-corrected chi connectivity index (χ4v) is 8.33. The van der Waals surface area contributed by atoms with Crippen molar-refractivity contribution in [2.75, 3.05) is 0 Å². The Morgan fingerprint density at radius 1 is 0.269 bits per heavy atom. The molecule has 2 heteroatoms. The van der Waals surface area contributed by atoms with Crippen LogP contribution in [0.4, 0.5) is 0 Å². The Kier molecular flexibility index (Phi) is 6.28. The van der Waals surface area contributed by atoms with Crippen molar-refractivity contribution in [1.29, 1.82) is 0 Å². The Morgan fingerprint density at radius 3 is 1.42 bits per heavy atom. The molecule has 0 saturated heterocycles. The van der Waals surface area contributed by atoms with Crippen LogP contribution in [0.15, 0.2) is 191 Å². The molecular formula is C50H30O2. The molecule has 0 fully saturated rings. The molecule has 52 heavy (non-hydrogen) atoms. The lowest BCUT2D eigenvalue weighted by molar-refractivity contribution is 0.663. The minimum absolute atomic E-state index is 0.846. The average Bonchev–Trinajstić information content (AvgIpc) is 3.79. The maximum Gasteiger partial charge on any atom is 0.147 e. The molecule has 11 rings (SSSR count). The second-order valence-electron chi connectivity index (χ2n) is 13.6. The predicted octanol–water partition coefficient (Wildman–Crippen LogP) is 14.5. The molecule has 9 aromatic carbocycles. The van der Waals surface area contributed by atoms with Crippen LogP contribution < -0.4 is 0 Å². The zero-order chi connectivity index (χ0) is 34.2. The fourth-order valence-electron chi connectivity index (χ4n) is 8.33. The quantitative estimate of drug-likeness (QED) is 0.175. The van der Waals surface area contributed by atoms with Gasteiger partial charge in [0.15, 0.2) is 0 Å². The highest BCUT2D eigenvalue weighted by Crippen LogP contribution is 2.47. The summed E-state index contributed by atoms with van der Waals surface area (Å²) in [5.41, 5.74) is 12.9. The van der Waals surface area contributed by atoms with Crippen LogP contribution in [0.1, 0.15) is 0 Å². The number of para-hydroxylation sites is 2. The average molecular weight is 663 g/mol. The molecule has 2 aromatic heterocycles. The Hall–Kier alpha value is -6.90. The topological polar surface area (TPSA) is 26.3 Å². The van der Waals surface area contributed by atoms with E-state index in [1.54, 1.807) is 0 Å². The minimum Gasteiger partial charge on any atom is -0.455 e. The lowest BCUT2D eigenvalue weighted by Crippen LogP contribution is -1.91. The first-order valence-electron chi connectivity index (χ1n) is 17.8. The van der Waals surface area contributed by atoms with Gasteiger partial charge in [-0.15, -0.1) is 0 Å². The van der Waals surface area contributed by atoms with Crippen LogP contribution in [0.2, 0.25) is 0 Å². The van der Waals surface area contributed by atoms with Crippen molar-refractivity contribution in [3.8, 4) is 44.5 Å². The van der Waals surface area contributed by atoms with E-state index in [2.05, 4.69) is 158 Å². The first-order valence-corrected chi connectivity index (χ1v) is 17.8. The summed E-state index contributed by atoms with van der Waals surface area (Å²) in [5.74, 6) is 0. The summed E-state index contributed by atoms with van der Waals surface area (Å²) in [4.78, 5) is 0. The number of rotatable bonds is 4. The van der Waals surface area contributed by atoms with Gasteiger partial charge < -0.3 is 8.83 Å². The van der Waals surface area contributed by atoms with E-state index in [1.807, 2.05) is 24.3 Å². The third-order valence-electron chi connectivity index (χ3n) is 10.7. The van der Waals surface area contributed by atoms with Gasteiger partial charge in [0.2, 0.25) is 0 Å². The molecule has 0 N–H and O–H groups in total. The van der Waals surface area contributed by atoms with E-state index in [0.29, 0.717) is 0 Å². The normalized spacial score (nSPS) is 11.8. The summed E-state index contributed by atoms with van der Waals surface area (Å²) in [6.07, 6.45) is 0. The number of hydrogen-bond donors (Lipinski definition) is 0. The van der Waals surface area contributed by atoms with Crippen LogP contribution in [-0.2, 0) is 0 Å². The van der Waals surface area contributed by atoms with Crippen LogP contribution in [0, 0.1) is 0 Å². The standard InChI is InChI=1S/C50H30O2/c1-2-13-31(14-3-1)34-15-12-16-35(29-34)47-39-20-6-4-18-37(39)46(38-19-5-7-21-40(38)47)33-27-25-32(26-28-33)42-30-43-36-17-8-10-23-44(36)51-50(43)48-41-22-9-11-24-45(41)52-49(42)48/h1-30H. The van der Waals surface area contributed by atoms with Gasteiger partial charge in [-0.2, -0.15) is 0 Å². The van der Waals surface area contributed by atoms with E-state index in [-0.39, 0.29) is 0 Å². The van der Waals surface area contributed by atoms with E-state index >= 15 is 0 Å². The minimum atomic E-state index is 0.846. The van der Waals surface area contributed by atoms with Gasteiger partial charge in [0.25, 0.3) is 0 Å². The van der Waals surface area contributed by atoms with E-state index in [1.165, 1.54) is 54.9 Å². The first kappa shape index (κ1) is 28.9. The summed E-state index contributed by atoms with van der Waals surface area (Å²) in [6.45, 7) is 0. The van der Waals surface area contributed by atoms with Crippen LogP contribution >= 0.6 is 0 Å². The van der Waals surface area contributed by atoms with Crippen molar-refractivity contribution in [2.24, 2.45) is 0 Å². The molecule has 11 aromatic rings. The highest BCUT2D eigenvalue weighted by molar-refractivity contribution is 6.25. The number of hydrogen-bond acceptors (Lipinski definition) is 2. The molecule has 0 amide bonds. The summed E-state index contributed by atoms with van der Waals surface area (Å²) < 4.78 is 13.1. The molecule has 0 spiro atoms. The smallest absolute Gasteiger partial charge is 0.147 e. The molecule has 2 heterocycles. The van der Waals surface area contributed by atoms with Crippen LogP contribution in [0.3, 0.4) is 0 Å². The predicted molar refractivity (Wildman–Crippen MR) is 218 cm³/mol. The lowest BCUT2D eigenvalue weighted by atomic mass is 9.85. The molecule has 242 valence electrons. The van der Waals surface area contributed by atoms with E-state index in [0.717, 1.165) is 55.0 Å². The molecule has 0 bridgehead atoms. The van der Waals surface area contributed by atoms with Gasteiger partial charge >= 0.3 is 0 Å². The van der Waals surface area contributed by atoms with Gasteiger partial charge in [0.05, 0.1) is 5.39 Å². The summed E-state index contributed by atoms with van der Waals surface area (Å²) in [5, 5.41) is 9.24. The maximum absolute atomic E-state index is 6.60. The van der Waals surface area contributed by atoms with Crippen LogP contribution in [0.25, 0.3) is 110 Å². The Bertz CT molecular complexity index is 3100. The third-order valence-corrected chi connectivity index (χ3v) is 10.7. The van der Waals surface area contributed by atoms with Crippen LogP contribution in [0.5, 0.6) is 0 Å². The second-order valence-corrected chi connectivity index (χ2v) is 13.6. The van der Waals surface area contributed by atoms with Crippen molar-refractivity contribution < 1.29 is 8.83 Å². The highest BCUT2D eigenvalue weighted by Gasteiger charge is 2.21. The Balaban J connectivity index is 1.12. The molecule has 0 atom stereocenters. The van der Waals surface area contributed by atoms with Gasteiger partial charge in [0.1, 0.15) is 22.3 Å². The van der Waals surface area contributed by atoms with Crippen molar-refractivity contribution >= 4 is 65.4 Å². The van der Waals surface area contributed by atoms with E-state index in [4.69, 9.17) is 8.83 Å². The highest BCUT2D eigenvalue weighted by atomic mass is 16.3. The third kappa shape index (κ3) is 4.31. The monoisotopic (exact) mass is 662 g/mol. The lowest BCUT2D eigenvalue weighted by Gasteiger charge is -2.18. The van der Waals surface area contributed by atoms with Crippen molar-refractivity contribution in [3.05, 3.63) is 182 Å². The number of benzene rings is 9. The van der Waals surface area contributed by atoms with Crippen molar-refractivity contribution in [3.63, 3.8) is 0 Å². The zero-order valence-corrected chi connectivity index (χ0v) is 28.1. The van der Waals surface area contributed by atoms with Gasteiger partial charge in [-0.05, 0) is 84.8 Å². The number of furan rings is 2. The molecule has 0 aliphatic rings. The SMILES string of the molecule is c1ccc(-c2cccc(-c3c4ccccc4c(-c4ccc(-c5cc6c7ccccc7oc6c6c5oc5ccccc56)cc4)c4ccccc34)c2)cc1. The Labute approximate surface area is 299 Å². The largest absolute Gasteiger partial charge is 0.455 e. The summed E-state index contributed by atoms with van der Waals surface area (Å²) in [6, 6.07) is 65.1. The fraction of sp³-hybridized carbons (Fsp3) is 0. The first-order chi connectivity index (χ1) is 25.8. The maximum atomic E-state index is 6.60. The molecule has 0 aliphatic carbocycles. The molecule has 0 radical (unpaired) electrons. The Morgan fingerprint density at radius 2 is 0.750 bits per heavy atom. The molecule has 0 aliphatic heterocycles. The van der Waals surface area contributed by atoms with Gasteiger partial charge in [0, 0.05) is 21.7 Å².